The number of aliphatic hydroxyl groups excluding tert-OH is 1. The summed E-state index contributed by atoms with van der Waals surface area (Å²) in [6.07, 6.45) is 2.70. The molecule has 12 heteroatoms. The van der Waals surface area contributed by atoms with Gasteiger partial charge in [-0.05, 0) is 61.2 Å². The Balaban J connectivity index is 1.43. The number of ether oxygens (including phenoxy) is 1. The lowest BCUT2D eigenvalue weighted by atomic mass is 9.96. The summed E-state index contributed by atoms with van der Waals surface area (Å²) in [5.41, 5.74) is 3.92. The minimum Gasteiger partial charge on any atom is -0.505 e. The number of aliphatic hydroxyl groups is 1. The number of aryl methyl sites for hydroxylation is 2. The van der Waals surface area contributed by atoms with Crippen LogP contribution in [0.3, 0.4) is 0 Å². The van der Waals surface area contributed by atoms with Gasteiger partial charge < -0.3 is 14.2 Å². The normalized spacial score (nSPS) is 16.3. The van der Waals surface area contributed by atoms with Crippen LogP contribution in [0.25, 0.3) is 11.4 Å². The highest BCUT2D eigenvalue weighted by molar-refractivity contribution is 8.00. The van der Waals surface area contributed by atoms with E-state index in [1.165, 1.54) is 28.0 Å². The lowest BCUT2D eigenvalue weighted by molar-refractivity contribution is -0.132. The average Bonchev–Trinajstić information content (AvgIpc) is 3.71. The van der Waals surface area contributed by atoms with E-state index < -0.39 is 17.7 Å². The van der Waals surface area contributed by atoms with Crippen LogP contribution in [0.1, 0.15) is 47.5 Å². The first-order valence-corrected chi connectivity index (χ1v) is 16.1. The van der Waals surface area contributed by atoms with Crippen molar-refractivity contribution in [2.75, 3.05) is 11.5 Å². The summed E-state index contributed by atoms with van der Waals surface area (Å²) in [4.78, 5) is 33.4. The number of carbonyl (C=O) groups excluding carboxylic acids is 2. The number of pyridine rings is 1. The predicted octanol–water partition coefficient (Wildman–Crippen LogP) is 7.16. The van der Waals surface area contributed by atoms with E-state index in [0.29, 0.717) is 44.4 Å². The third-order valence-electron chi connectivity index (χ3n) is 7.33. The van der Waals surface area contributed by atoms with Crippen molar-refractivity contribution >= 4 is 62.9 Å². The molecule has 1 N–H and O–H groups in total. The smallest absolute Gasteiger partial charge is 0.301 e. The Morgan fingerprint density at radius 1 is 1.07 bits per heavy atom. The van der Waals surface area contributed by atoms with E-state index in [2.05, 4.69) is 15.2 Å². The molecule has 1 unspecified atom stereocenters. The highest BCUT2D eigenvalue weighted by Crippen LogP contribution is 2.44. The number of hydrogen-bond acceptors (Lipinski definition) is 9. The van der Waals surface area contributed by atoms with Gasteiger partial charge in [0.05, 0.1) is 23.9 Å². The number of Topliss-reactive ketones (excluding diaryl/α,β-unsaturated/α-hetero) is 1. The molecule has 4 heterocycles. The molecule has 44 heavy (non-hydrogen) atoms. The monoisotopic (exact) mass is 645 g/mol. The second-order valence-corrected chi connectivity index (χ2v) is 12.8. The van der Waals surface area contributed by atoms with E-state index in [9.17, 15) is 14.7 Å². The molecule has 0 radical (unpaired) electrons. The number of aromatic nitrogens is 4. The molecular formula is C32H28ClN5O4S2. The van der Waals surface area contributed by atoms with Crippen LogP contribution in [0.4, 0.5) is 5.13 Å². The Labute approximate surface area is 267 Å². The van der Waals surface area contributed by atoms with E-state index in [1.54, 1.807) is 24.3 Å². The molecule has 1 aliphatic heterocycles. The fourth-order valence-electron chi connectivity index (χ4n) is 5.10. The van der Waals surface area contributed by atoms with Crippen LogP contribution in [0.2, 0.25) is 5.02 Å². The minimum absolute atomic E-state index is 0.0677. The first-order chi connectivity index (χ1) is 21.3. The topological polar surface area (TPSA) is 110 Å². The zero-order valence-corrected chi connectivity index (χ0v) is 26.5. The molecule has 1 atom stereocenters. The predicted molar refractivity (Wildman–Crippen MR) is 173 cm³/mol. The van der Waals surface area contributed by atoms with Crippen LogP contribution in [0.5, 0.6) is 5.75 Å². The Bertz CT molecular complexity index is 1920. The van der Waals surface area contributed by atoms with Crippen molar-refractivity contribution in [3.8, 4) is 5.75 Å². The molecule has 2 aromatic carbocycles. The largest absolute Gasteiger partial charge is 0.505 e. The molecule has 6 rings (SSSR count). The van der Waals surface area contributed by atoms with Gasteiger partial charge in [-0.15, -0.1) is 10.2 Å². The number of rotatable bonds is 9. The fraction of sp³-hybridized carbons (Fsp3) is 0.219. The molecule has 1 amide bonds. The number of ketones is 1. The molecule has 0 spiro atoms. The number of thioether (sulfide) groups is 1. The van der Waals surface area contributed by atoms with Crippen molar-refractivity contribution in [2.45, 2.75) is 43.3 Å². The van der Waals surface area contributed by atoms with E-state index in [-0.39, 0.29) is 22.2 Å². The maximum absolute atomic E-state index is 13.7. The Morgan fingerprint density at radius 3 is 2.57 bits per heavy atom. The van der Waals surface area contributed by atoms with Gasteiger partial charge >= 0.3 is 5.91 Å². The quantitative estimate of drug-likeness (QED) is 0.0591. The van der Waals surface area contributed by atoms with Crippen LogP contribution in [-0.4, -0.2) is 43.0 Å². The van der Waals surface area contributed by atoms with Crippen molar-refractivity contribution in [2.24, 2.45) is 0 Å². The third kappa shape index (κ3) is 5.47. The summed E-state index contributed by atoms with van der Waals surface area (Å²) in [5, 5.41) is 21.2. The maximum Gasteiger partial charge on any atom is 0.301 e. The fourth-order valence-corrected chi connectivity index (χ4v) is 7.25. The number of amides is 1. The van der Waals surface area contributed by atoms with Crippen molar-refractivity contribution in [3.05, 3.63) is 106 Å². The molecule has 5 aromatic rings. The Morgan fingerprint density at radius 2 is 1.84 bits per heavy atom. The second kappa shape index (κ2) is 12.4. The number of nitrogens with zero attached hydrogens (tertiary/aromatic N) is 5. The van der Waals surface area contributed by atoms with Gasteiger partial charge in [0.15, 0.2) is 10.1 Å². The molecule has 1 fully saturated rings. The van der Waals surface area contributed by atoms with Gasteiger partial charge in [-0.1, -0.05) is 78.0 Å². The van der Waals surface area contributed by atoms with Crippen LogP contribution in [0.15, 0.2) is 76.8 Å². The molecule has 0 aliphatic carbocycles. The second-order valence-electron chi connectivity index (χ2n) is 10.2. The first-order valence-electron chi connectivity index (χ1n) is 14.0. The summed E-state index contributed by atoms with van der Waals surface area (Å²) in [6.45, 7) is 6.31. The minimum atomic E-state index is -0.963. The highest BCUT2D eigenvalue weighted by atomic mass is 35.5. The highest BCUT2D eigenvalue weighted by Gasteiger charge is 2.49. The van der Waals surface area contributed by atoms with Crippen molar-refractivity contribution in [3.63, 3.8) is 0 Å². The molecule has 9 nitrogen and oxygen atoms in total. The Hall–Kier alpha value is -4.19. The van der Waals surface area contributed by atoms with Gasteiger partial charge in [-0.25, -0.2) is 4.98 Å². The lowest BCUT2D eigenvalue weighted by Crippen LogP contribution is -2.29. The summed E-state index contributed by atoms with van der Waals surface area (Å²) < 4.78 is 8.21. The number of fused-ring (bicyclic) bond motifs is 1. The zero-order valence-electron chi connectivity index (χ0n) is 24.2. The van der Waals surface area contributed by atoms with Crippen LogP contribution in [-0.2, 0) is 15.3 Å². The molecule has 3 aromatic heterocycles. The van der Waals surface area contributed by atoms with E-state index in [1.807, 2.05) is 67.8 Å². The SMILES string of the molecule is CCCOc1ccc(C2/C(=C(\O)c3nc4c(C)cccn4c3C)C(=O)C(=O)N2c2nnc(SCc3ccccc3Cl)s2)cc1. The van der Waals surface area contributed by atoms with Gasteiger partial charge in [-0.2, -0.15) is 0 Å². The van der Waals surface area contributed by atoms with Gasteiger partial charge in [-0.3, -0.25) is 14.5 Å². The standard InChI is InChI=1S/C32H28ClN5O4S2/c1-4-16-42-22-13-11-20(12-14-22)26-24(27(39)25-19(3)37-15-7-8-18(2)29(37)34-25)28(40)30(41)38(26)31-35-36-32(44-31)43-17-21-9-5-6-10-23(21)33/h5-15,26,39H,4,16-17H2,1-3H3/b27-24+. The number of anilines is 1. The Kier molecular flexibility index (Phi) is 8.44. The van der Waals surface area contributed by atoms with E-state index in [0.717, 1.165) is 17.5 Å². The number of hydrogen-bond donors (Lipinski definition) is 1. The van der Waals surface area contributed by atoms with Gasteiger partial charge in [0.2, 0.25) is 5.13 Å². The molecule has 1 aliphatic rings. The van der Waals surface area contributed by atoms with Crippen molar-refractivity contribution in [1.29, 1.82) is 0 Å². The first kappa shape index (κ1) is 29.9. The van der Waals surface area contributed by atoms with Crippen molar-refractivity contribution < 1.29 is 19.4 Å². The maximum atomic E-state index is 13.7. The molecule has 0 saturated carbocycles. The number of halogens is 1. The van der Waals surface area contributed by atoms with Crippen LogP contribution >= 0.6 is 34.7 Å². The summed E-state index contributed by atoms with van der Waals surface area (Å²) in [5.74, 6) is -0.761. The molecule has 1 saturated heterocycles. The van der Waals surface area contributed by atoms with Gasteiger partial charge in [0, 0.05) is 17.0 Å². The van der Waals surface area contributed by atoms with E-state index in [4.69, 9.17) is 16.3 Å². The van der Waals surface area contributed by atoms with Crippen molar-refractivity contribution in [1.82, 2.24) is 19.6 Å². The third-order valence-corrected chi connectivity index (χ3v) is 9.81. The summed E-state index contributed by atoms with van der Waals surface area (Å²) in [7, 11) is 0. The van der Waals surface area contributed by atoms with Crippen LogP contribution in [0, 0.1) is 13.8 Å². The number of benzene rings is 2. The van der Waals surface area contributed by atoms with Gasteiger partial charge in [0.1, 0.15) is 17.1 Å². The number of carbonyl (C=O) groups is 2. The molecular weight excluding hydrogens is 618 g/mol. The molecule has 224 valence electrons. The summed E-state index contributed by atoms with van der Waals surface area (Å²) in [6, 6.07) is 17.5. The van der Waals surface area contributed by atoms with Gasteiger partial charge in [0.25, 0.3) is 5.78 Å². The lowest BCUT2D eigenvalue weighted by Gasteiger charge is -2.22. The molecule has 0 bridgehead atoms. The average molecular weight is 646 g/mol. The summed E-state index contributed by atoms with van der Waals surface area (Å²) >= 11 is 8.95. The number of imidazole rings is 1. The zero-order chi connectivity index (χ0) is 31.0. The van der Waals surface area contributed by atoms with Crippen LogP contribution < -0.4 is 9.64 Å². The van der Waals surface area contributed by atoms with E-state index >= 15 is 0 Å².